The molecule has 0 bridgehead atoms. The van der Waals surface area contributed by atoms with E-state index in [1.54, 1.807) is 7.11 Å². The van der Waals surface area contributed by atoms with Crippen molar-refractivity contribution in [3.63, 3.8) is 0 Å². The lowest BCUT2D eigenvalue weighted by Gasteiger charge is -2.08. The van der Waals surface area contributed by atoms with E-state index >= 15 is 0 Å². The number of nitrogens with two attached hydrogens (primary N) is 1. The Kier molecular flexibility index (Phi) is 4.44. The van der Waals surface area contributed by atoms with Gasteiger partial charge in [-0.15, -0.1) is 0 Å². The highest BCUT2D eigenvalue weighted by Crippen LogP contribution is 2.23. The molecule has 0 unspecified atom stereocenters. The van der Waals surface area contributed by atoms with Gasteiger partial charge < -0.3 is 15.0 Å². The van der Waals surface area contributed by atoms with Crippen LogP contribution in [0.4, 0.5) is 0 Å². The van der Waals surface area contributed by atoms with Crippen LogP contribution in [-0.4, -0.2) is 18.2 Å². The number of rotatable bonds is 5. The van der Waals surface area contributed by atoms with Gasteiger partial charge in [-0.1, -0.05) is 15.9 Å². The third kappa shape index (κ3) is 3.15. The zero-order valence-electron chi connectivity index (χ0n) is 10.4. The Balaban J connectivity index is 2.16. The van der Waals surface area contributed by atoms with Crippen LogP contribution >= 0.6 is 15.9 Å². The second-order valence-electron chi connectivity index (χ2n) is 4.19. The predicted octanol–water partition coefficient (Wildman–Crippen LogP) is 2.81. The summed E-state index contributed by atoms with van der Waals surface area (Å²) < 4.78 is 8.50. The summed E-state index contributed by atoms with van der Waals surface area (Å²) in [4.78, 5) is 0. The fraction of sp³-hybridized carbons (Fsp3) is 0.286. The average Bonchev–Trinajstić information content (AvgIpc) is 2.80. The lowest BCUT2D eigenvalue weighted by molar-refractivity contribution is 0.414. The second kappa shape index (κ2) is 6.07. The maximum absolute atomic E-state index is 5.55. The smallest absolute Gasteiger partial charge is 0.119 e. The number of halogens is 1. The van der Waals surface area contributed by atoms with E-state index in [1.165, 1.54) is 11.1 Å². The molecular formula is C14H17BrN2O. The number of hydrogen-bond acceptors (Lipinski definition) is 2. The van der Waals surface area contributed by atoms with Crippen LogP contribution in [0.15, 0.2) is 41.1 Å². The van der Waals surface area contributed by atoms with E-state index in [4.69, 9.17) is 10.5 Å². The Morgan fingerprint density at radius 1 is 1.33 bits per heavy atom. The Labute approximate surface area is 116 Å². The third-order valence-electron chi connectivity index (χ3n) is 2.85. The number of ether oxygens (including phenoxy) is 1. The lowest BCUT2D eigenvalue weighted by Crippen LogP contribution is -2.02. The highest BCUT2D eigenvalue weighted by Gasteiger charge is 2.04. The number of aromatic nitrogens is 1. The molecule has 0 fully saturated rings. The first-order valence-corrected chi connectivity index (χ1v) is 6.69. The normalized spacial score (nSPS) is 10.6. The van der Waals surface area contributed by atoms with Gasteiger partial charge in [-0.2, -0.15) is 0 Å². The molecule has 4 heteroatoms. The van der Waals surface area contributed by atoms with Crippen molar-refractivity contribution in [2.75, 3.05) is 13.7 Å². The van der Waals surface area contributed by atoms with Gasteiger partial charge in [0.15, 0.2) is 0 Å². The molecule has 3 nitrogen and oxygen atoms in total. The number of nitrogens with zero attached hydrogens (tertiary/aromatic N) is 1. The molecule has 0 spiro atoms. The molecule has 0 saturated heterocycles. The fourth-order valence-corrected chi connectivity index (χ4v) is 2.27. The molecule has 96 valence electrons. The molecule has 2 rings (SSSR count). The summed E-state index contributed by atoms with van der Waals surface area (Å²) in [5.74, 6) is 0.877. The van der Waals surface area contributed by atoms with E-state index in [0.29, 0.717) is 6.54 Å². The zero-order valence-corrected chi connectivity index (χ0v) is 12.0. The first kappa shape index (κ1) is 13.2. The summed E-state index contributed by atoms with van der Waals surface area (Å²) >= 11 is 3.57. The van der Waals surface area contributed by atoms with Crippen molar-refractivity contribution in [1.82, 2.24) is 4.57 Å². The van der Waals surface area contributed by atoms with E-state index in [1.807, 2.05) is 18.2 Å². The molecule has 0 radical (unpaired) electrons. The van der Waals surface area contributed by atoms with E-state index in [-0.39, 0.29) is 0 Å². The van der Waals surface area contributed by atoms with Gasteiger partial charge in [-0.25, -0.2) is 0 Å². The number of hydrogen-bond donors (Lipinski definition) is 1. The molecule has 1 aromatic carbocycles. The fourth-order valence-electron chi connectivity index (χ4n) is 1.90. The first-order valence-electron chi connectivity index (χ1n) is 5.90. The monoisotopic (exact) mass is 308 g/mol. The SMILES string of the molecule is COc1ccc(Br)c(Cn2ccc(CCN)c2)c1. The van der Waals surface area contributed by atoms with Gasteiger partial charge in [0.25, 0.3) is 0 Å². The zero-order chi connectivity index (χ0) is 13.0. The van der Waals surface area contributed by atoms with Gasteiger partial charge in [0.2, 0.25) is 0 Å². The first-order chi connectivity index (χ1) is 8.72. The van der Waals surface area contributed by atoms with Crippen LogP contribution in [0.2, 0.25) is 0 Å². The quantitative estimate of drug-likeness (QED) is 0.922. The van der Waals surface area contributed by atoms with Crippen LogP contribution in [0.1, 0.15) is 11.1 Å². The summed E-state index contributed by atoms with van der Waals surface area (Å²) in [5, 5.41) is 0. The summed E-state index contributed by atoms with van der Waals surface area (Å²) in [5.41, 5.74) is 8.02. The molecule has 0 aliphatic carbocycles. The van der Waals surface area contributed by atoms with Gasteiger partial charge in [0.1, 0.15) is 5.75 Å². The molecule has 2 N–H and O–H groups in total. The minimum Gasteiger partial charge on any atom is -0.497 e. The summed E-state index contributed by atoms with van der Waals surface area (Å²) in [7, 11) is 1.68. The van der Waals surface area contributed by atoms with Crippen molar-refractivity contribution < 1.29 is 4.74 Å². The van der Waals surface area contributed by atoms with Gasteiger partial charge in [-0.05, 0) is 48.4 Å². The molecule has 18 heavy (non-hydrogen) atoms. The van der Waals surface area contributed by atoms with Gasteiger partial charge in [0.05, 0.1) is 7.11 Å². The molecule has 0 amide bonds. The van der Waals surface area contributed by atoms with Gasteiger partial charge in [0, 0.05) is 23.4 Å². The minimum absolute atomic E-state index is 0.687. The lowest BCUT2D eigenvalue weighted by atomic mass is 10.2. The summed E-state index contributed by atoms with van der Waals surface area (Å²) in [6.45, 7) is 1.51. The Morgan fingerprint density at radius 3 is 2.89 bits per heavy atom. The van der Waals surface area contributed by atoms with Gasteiger partial charge in [-0.3, -0.25) is 0 Å². The van der Waals surface area contributed by atoms with Crippen molar-refractivity contribution in [2.45, 2.75) is 13.0 Å². The molecule has 2 aromatic rings. The maximum atomic E-state index is 5.55. The van der Waals surface area contributed by atoms with Gasteiger partial charge >= 0.3 is 0 Å². The van der Waals surface area contributed by atoms with Crippen molar-refractivity contribution in [1.29, 1.82) is 0 Å². The average molecular weight is 309 g/mol. The largest absolute Gasteiger partial charge is 0.497 e. The highest BCUT2D eigenvalue weighted by atomic mass is 79.9. The van der Waals surface area contributed by atoms with E-state index < -0.39 is 0 Å². The Bertz CT molecular complexity index is 522. The Hall–Kier alpha value is -1.26. The van der Waals surface area contributed by atoms with Crippen LogP contribution in [0.5, 0.6) is 5.75 Å². The predicted molar refractivity (Wildman–Crippen MR) is 77.0 cm³/mol. The molecule has 0 aliphatic heterocycles. The van der Waals surface area contributed by atoms with Crippen LogP contribution in [0.3, 0.4) is 0 Å². The molecule has 1 aromatic heterocycles. The van der Waals surface area contributed by atoms with Crippen LogP contribution in [-0.2, 0) is 13.0 Å². The highest BCUT2D eigenvalue weighted by molar-refractivity contribution is 9.10. The maximum Gasteiger partial charge on any atom is 0.119 e. The van der Waals surface area contributed by atoms with E-state index in [9.17, 15) is 0 Å². The molecule has 0 saturated carbocycles. The third-order valence-corrected chi connectivity index (χ3v) is 3.62. The molecule has 0 aliphatic rings. The van der Waals surface area contributed by atoms with E-state index in [0.717, 1.165) is 23.2 Å². The molecular weight excluding hydrogens is 292 g/mol. The van der Waals surface area contributed by atoms with Crippen LogP contribution < -0.4 is 10.5 Å². The van der Waals surface area contributed by atoms with Crippen molar-refractivity contribution >= 4 is 15.9 Å². The molecule has 1 heterocycles. The number of methoxy groups -OCH3 is 1. The number of benzene rings is 1. The minimum atomic E-state index is 0.687. The van der Waals surface area contributed by atoms with Crippen molar-refractivity contribution in [3.8, 4) is 5.75 Å². The summed E-state index contributed by atoms with van der Waals surface area (Å²) in [6.07, 6.45) is 5.14. The summed E-state index contributed by atoms with van der Waals surface area (Å²) in [6, 6.07) is 8.12. The Morgan fingerprint density at radius 2 is 2.17 bits per heavy atom. The topological polar surface area (TPSA) is 40.2 Å². The van der Waals surface area contributed by atoms with Crippen molar-refractivity contribution in [2.24, 2.45) is 5.73 Å². The van der Waals surface area contributed by atoms with Crippen LogP contribution in [0, 0.1) is 0 Å². The standard InChI is InChI=1S/C14H17BrN2O/c1-18-13-2-3-14(15)12(8-13)10-17-7-5-11(9-17)4-6-16/h2-3,5,7-9H,4,6,10,16H2,1H3. The molecule has 0 atom stereocenters. The van der Waals surface area contributed by atoms with Crippen LogP contribution in [0.25, 0.3) is 0 Å². The van der Waals surface area contributed by atoms with E-state index in [2.05, 4.69) is 39.0 Å². The van der Waals surface area contributed by atoms with Crippen molar-refractivity contribution in [3.05, 3.63) is 52.3 Å². The second-order valence-corrected chi connectivity index (χ2v) is 5.04.